The van der Waals surface area contributed by atoms with Gasteiger partial charge in [0, 0.05) is 6.54 Å². The SMILES string of the molecule is Nc1nc2c(nc(NCc3ccccc3)n2[C@@H]2O[C@@H](CO)[C@@H](O)[C@H]2O)c(=O)[nH]1. The molecule has 0 radical (unpaired) electrons. The third-order valence-corrected chi connectivity index (χ3v) is 4.63. The van der Waals surface area contributed by atoms with Gasteiger partial charge in [-0.25, -0.2) is 4.98 Å². The van der Waals surface area contributed by atoms with Gasteiger partial charge in [0.25, 0.3) is 5.56 Å². The van der Waals surface area contributed by atoms with Crippen LogP contribution in [0.5, 0.6) is 0 Å². The Bertz CT molecular complexity index is 1040. The Morgan fingerprint density at radius 3 is 2.64 bits per heavy atom. The molecule has 4 rings (SSSR count). The highest BCUT2D eigenvalue weighted by atomic mass is 16.6. The van der Waals surface area contributed by atoms with E-state index in [4.69, 9.17) is 10.5 Å². The van der Waals surface area contributed by atoms with Crippen molar-refractivity contribution in [2.45, 2.75) is 31.1 Å². The van der Waals surface area contributed by atoms with Crippen molar-refractivity contribution >= 4 is 23.1 Å². The van der Waals surface area contributed by atoms with Gasteiger partial charge in [0.2, 0.25) is 11.9 Å². The van der Waals surface area contributed by atoms with Gasteiger partial charge in [0.05, 0.1) is 6.61 Å². The van der Waals surface area contributed by atoms with Gasteiger partial charge in [0.15, 0.2) is 17.4 Å². The van der Waals surface area contributed by atoms with Crippen LogP contribution >= 0.6 is 0 Å². The molecule has 1 fully saturated rings. The zero-order valence-electron chi connectivity index (χ0n) is 14.7. The minimum Gasteiger partial charge on any atom is -0.394 e. The molecular weight excluding hydrogens is 368 g/mol. The zero-order chi connectivity index (χ0) is 19.8. The summed E-state index contributed by atoms with van der Waals surface area (Å²) in [6.07, 6.45) is -4.79. The number of imidazole rings is 1. The first-order valence-corrected chi connectivity index (χ1v) is 8.67. The lowest BCUT2D eigenvalue weighted by atomic mass is 10.1. The summed E-state index contributed by atoms with van der Waals surface area (Å²) in [5.41, 5.74) is 6.17. The van der Waals surface area contributed by atoms with E-state index in [2.05, 4.69) is 20.3 Å². The van der Waals surface area contributed by atoms with Crippen molar-refractivity contribution < 1.29 is 20.1 Å². The lowest BCUT2D eigenvalue weighted by molar-refractivity contribution is -0.0501. The molecule has 28 heavy (non-hydrogen) atoms. The molecule has 7 N–H and O–H groups in total. The first-order valence-electron chi connectivity index (χ1n) is 8.67. The highest BCUT2D eigenvalue weighted by Crippen LogP contribution is 2.34. The second-order valence-electron chi connectivity index (χ2n) is 6.50. The topological polar surface area (TPSA) is 172 Å². The second kappa shape index (κ2) is 7.20. The molecule has 3 aromatic rings. The predicted molar refractivity (Wildman–Crippen MR) is 99.3 cm³/mol. The molecule has 11 heteroatoms. The van der Waals surface area contributed by atoms with Gasteiger partial charge in [-0.05, 0) is 5.56 Å². The maximum atomic E-state index is 12.2. The molecule has 1 aromatic carbocycles. The summed E-state index contributed by atoms with van der Waals surface area (Å²) in [6.45, 7) is -0.101. The second-order valence-corrected chi connectivity index (χ2v) is 6.50. The normalized spacial score (nSPS) is 24.7. The standard InChI is InChI=1S/C17H20N6O5/c18-16-21-13-10(14(27)22-16)20-17(19-6-8-4-2-1-3-5-8)23(13)15-12(26)11(25)9(7-24)28-15/h1-5,9,11-12,15,24-26H,6-7H2,(H,19,20)(H3,18,21,22,27)/t9-,11+,12+,15+/m0/s1. The zero-order valence-corrected chi connectivity index (χ0v) is 14.7. The van der Waals surface area contributed by atoms with Crippen molar-refractivity contribution in [2.75, 3.05) is 17.7 Å². The van der Waals surface area contributed by atoms with Crippen LogP contribution in [0.2, 0.25) is 0 Å². The summed E-state index contributed by atoms with van der Waals surface area (Å²) in [7, 11) is 0. The number of nitrogens with two attached hydrogens (primary N) is 1. The number of aliphatic hydroxyl groups is 3. The lowest BCUT2D eigenvalue weighted by Crippen LogP contribution is -2.33. The number of H-pyrrole nitrogens is 1. The van der Waals surface area contributed by atoms with Crippen molar-refractivity contribution in [3.05, 3.63) is 46.2 Å². The molecule has 0 saturated carbocycles. The number of hydrogen-bond acceptors (Lipinski definition) is 9. The maximum Gasteiger partial charge on any atom is 0.280 e. The van der Waals surface area contributed by atoms with Crippen LogP contribution in [-0.4, -0.2) is 59.8 Å². The molecule has 0 aliphatic carbocycles. The van der Waals surface area contributed by atoms with E-state index in [1.165, 1.54) is 4.57 Å². The van der Waals surface area contributed by atoms with Gasteiger partial charge in [-0.3, -0.25) is 14.3 Å². The maximum absolute atomic E-state index is 12.2. The highest BCUT2D eigenvalue weighted by molar-refractivity contribution is 5.74. The number of rotatable bonds is 5. The average Bonchev–Trinajstić information content (AvgIpc) is 3.18. The number of ether oxygens (including phenoxy) is 1. The Balaban J connectivity index is 1.79. The third kappa shape index (κ3) is 3.10. The van der Waals surface area contributed by atoms with Gasteiger partial charge in [-0.1, -0.05) is 30.3 Å². The first-order chi connectivity index (χ1) is 13.5. The van der Waals surface area contributed by atoms with Crippen LogP contribution in [0.1, 0.15) is 11.8 Å². The Labute approximate surface area is 158 Å². The molecule has 3 heterocycles. The summed E-state index contributed by atoms with van der Waals surface area (Å²) in [4.78, 5) is 23.0. The fourth-order valence-corrected chi connectivity index (χ4v) is 3.24. The molecule has 2 aromatic heterocycles. The van der Waals surface area contributed by atoms with Gasteiger partial charge in [0.1, 0.15) is 18.3 Å². The van der Waals surface area contributed by atoms with Crippen molar-refractivity contribution in [1.29, 1.82) is 0 Å². The molecule has 148 valence electrons. The van der Waals surface area contributed by atoms with Crippen molar-refractivity contribution in [1.82, 2.24) is 19.5 Å². The van der Waals surface area contributed by atoms with Gasteiger partial charge in [-0.15, -0.1) is 0 Å². The van der Waals surface area contributed by atoms with Crippen molar-refractivity contribution in [3.8, 4) is 0 Å². The van der Waals surface area contributed by atoms with Crippen LogP contribution in [0.15, 0.2) is 35.1 Å². The Morgan fingerprint density at radius 2 is 1.96 bits per heavy atom. The highest BCUT2D eigenvalue weighted by Gasteiger charge is 2.45. The summed E-state index contributed by atoms with van der Waals surface area (Å²) >= 11 is 0. The summed E-state index contributed by atoms with van der Waals surface area (Å²) in [5.74, 6) is 0.0808. The summed E-state index contributed by atoms with van der Waals surface area (Å²) < 4.78 is 6.97. The van der Waals surface area contributed by atoms with Crippen LogP contribution in [-0.2, 0) is 11.3 Å². The predicted octanol–water partition coefficient (Wildman–Crippen LogP) is -1.07. The largest absolute Gasteiger partial charge is 0.394 e. The number of nitrogens with one attached hydrogen (secondary N) is 2. The molecule has 1 aliphatic rings. The molecule has 4 atom stereocenters. The van der Waals surface area contributed by atoms with Gasteiger partial charge >= 0.3 is 0 Å². The van der Waals surface area contributed by atoms with Crippen LogP contribution in [0.25, 0.3) is 11.2 Å². The Kier molecular flexibility index (Phi) is 4.73. The number of aromatic amines is 1. The molecule has 1 aliphatic heterocycles. The number of aromatic nitrogens is 4. The van der Waals surface area contributed by atoms with E-state index >= 15 is 0 Å². The first kappa shape index (κ1) is 18.4. The average molecular weight is 388 g/mol. The van der Waals surface area contributed by atoms with E-state index in [1.807, 2.05) is 30.3 Å². The fourth-order valence-electron chi connectivity index (χ4n) is 3.24. The monoisotopic (exact) mass is 388 g/mol. The minimum absolute atomic E-state index is 0.00231. The van der Waals surface area contributed by atoms with Crippen LogP contribution in [0.4, 0.5) is 11.9 Å². The van der Waals surface area contributed by atoms with E-state index in [1.54, 1.807) is 0 Å². The summed E-state index contributed by atoms with van der Waals surface area (Å²) in [5, 5.41) is 33.0. The number of fused-ring (bicyclic) bond motifs is 1. The molecule has 0 bridgehead atoms. The van der Waals surface area contributed by atoms with Crippen molar-refractivity contribution in [3.63, 3.8) is 0 Å². The van der Waals surface area contributed by atoms with Gasteiger partial charge < -0.3 is 31.1 Å². The number of benzene rings is 1. The molecule has 0 spiro atoms. The van der Waals surface area contributed by atoms with Crippen LogP contribution in [0, 0.1) is 0 Å². The molecule has 1 saturated heterocycles. The van der Waals surface area contributed by atoms with Crippen LogP contribution in [0.3, 0.4) is 0 Å². The lowest BCUT2D eigenvalue weighted by Gasteiger charge is -2.19. The Hall–Kier alpha value is -2.99. The molecule has 0 unspecified atom stereocenters. The molecule has 11 nitrogen and oxygen atoms in total. The van der Waals surface area contributed by atoms with Crippen LogP contribution < -0.4 is 16.6 Å². The fraction of sp³-hybridized carbons (Fsp3) is 0.353. The number of aliphatic hydroxyl groups excluding tert-OH is 3. The molecule has 0 amide bonds. The number of hydrogen-bond donors (Lipinski definition) is 6. The third-order valence-electron chi connectivity index (χ3n) is 4.63. The van der Waals surface area contributed by atoms with Crippen molar-refractivity contribution in [2.24, 2.45) is 0 Å². The minimum atomic E-state index is -1.37. The Morgan fingerprint density at radius 1 is 1.21 bits per heavy atom. The number of anilines is 2. The molecular formula is C17H20N6O5. The van der Waals surface area contributed by atoms with E-state index < -0.39 is 36.7 Å². The van der Waals surface area contributed by atoms with Gasteiger partial charge in [-0.2, -0.15) is 4.98 Å². The van der Waals surface area contributed by atoms with E-state index in [-0.39, 0.29) is 23.1 Å². The van der Waals surface area contributed by atoms with E-state index in [0.717, 1.165) is 5.56 Å². The number of nitrogens with zero attached hydrogens (tertiary/aromatic N) is 3. The summed E-state index contributed by atoms with van der Waals surface area (Å²) in [6, 6.07) is 9.49. The number of nitrogen functional groups attached to an aromatic ring is 1. The van der Waals surface area contributed by atoms with E-state index in [0.29, 0.717) is 6.54 Å². The van der Waals surface area contributed by atoms with E-state index in [9.17, 15) is 20.1 Å². The smallest absolute Gasteiger partial charge is 0.280 e. The quantitative estimate of drug-likeness (QED) is 0.318.